The molecular formula is C22H24N4O4S. The predicted octanol–water partition coefficient (Wildman–Crippen LogP) is 3.79. The average Bonchev–Trinajstić information content (AvgIpc) is 3.57. The van der Waals surface area contributed by atoms with Crippen LogP contribution in [0.2, 0.25) is 0 Å². The number of rotatable bonds is 6. The number of carbonyl (C=O) groups excluding carboxylic acids is 1. The Bertz CT molecular complexity index is 1070. The van der Waals surface area contributed by atoms with Crippen LogP contribution in [0, 0.1) is 0 Å². The second kappa shape index (κ2) is 8.66. The molecule has 0 saturated carbocycles. The first-order valence-corrected chi connectivity index (χ1v) is 11.5. The van der Waals surface area contributed by atoms with Crippen molar-refractivity contribution in [3.05, 3.63) is 42.2 Å². The van der Waals surface area contributed by atoms with Crippen LogP contribution in [0.3, 0.4) is 0 Å². The topological polar surface area (TPSA) is 82.6 Å². The fraction of sp³-hybridized carbons (Fsp3) is 0.409. The Morgan fingerprint density at radius 2 is 2.06 bits per heavy atom. The number of fused-ring (bicyclic) bond motifs is 1. The summed E-state index contributed by atoms with van der Waals surface area (Å²) in [4.78, 5) is 15.1. The highest BCUT2D eigenvalue weighted by Gasteiger charge is 2.31. The molecule has 2 aliphatic heterocycles. The van der Waals surface area contributed by atoms with Gasteiger partial charge in [-0.05, 0) is 49.6 Å². The summed E-state index contributed by atoms with van der Waals surface area (Å²) in [5.41, 5.74) is 1.09. The minimum absolute atomic E-state index is 0.0617. The van der Waals surface area contributed by atoms with Crippen LogP contribution in [0.15, 0.2) is 46.2 Å². The maximum Gasteiger partial charge on any atom is 0.233 e. The number of hydrogen-bond donors (Lipinski definition) is 0. The number of furan rings is 1. The van der Waals surface area contributed by atoms with E-state index in [-0.39, 0.29) is 11.9 Å². The Morgan fingerprint density at radius 3 is 2.87 bits per heavy atom. The highest BCUT2D eigenvalue weighted by atomic mass is 32.2. The third-order valence-electron chi connectivity index (χ3n) is 5.62. The Kier molecular flexibility index (Phi) is 5.59. The Balaban J connectivity index is 1.28. The number of carbonyl (C=O) groups is 1. The van der Waals surface area contributed by atoms with E-state index in [4.69, 9.17) is 13.9 Å². The number of benzene rings is 1. The lowest BCUT2D eigenvalue weighted by Gasteiger charge is -2.26. The molecule has 1 unspecified atom stereocenters. The number of hydrogen-bond acceptors (Lipinski definition) is 7. The van der Waals surface area contributed by atoms with Gasteiger partial charge in [-0.2, -0.15) is 0 Å². The van der Waals surface area contributed by atoms with Crippen LogP contribution in [-0.2, 0) is 11.3 Å². The number of thioether (sulfide) groups is 1. The number of amides is 1. The molecule has 1 saturated heterocycles. The monoisotopic (exact) mass is 440 g/mol. The van der Waals surface area contributed by atoms with Gasteiger partial charge in [-0.25, -0.2) is 0 Å². The molecule has 9 heteroatoms. The first-order chi connectivity index (χ1) is 15.2. The number of likely N-dealkylation sites (tertiary alicyclic amines) is 1. The predicted molar refractivity (Wildman–Crippen MR) is 115 cm³/mol. The molecule has 5 rings (SSSR count). The Morgan fingerprint density at radius 1 is 1.19 bits per heavy atom. The zero-order valence-corrected chi connectivity index (χ0v) is 18.1. The molecule has 0 bridgehead atoms. The Labute approximate surface area is 184 Å². The normalized spacial score (nSPS) is 17.8. The van der Waals surface area contributed by atoms with Crippen molar-refractivity contribution in [3.63, 3.8) is 0 Å². The fourth-order valence-corrected chi connectivity index (χ4v) is 5.05. The lowest BCUT2D eigenvalue weighted by Crippen LogP contribution is -2.32. The first kappa shape index (κ1) is 20.0. The summed E-state index contributed by atoms with van der Waals surface area (Å²) >= 11 is 1.42. The van der Waals surface area contributed by atoms with Gasteiger partial charge < -0.3 is 18.8 Å². The van der Waals surface area contributed by atoms with Crippen LogP contribution in [0.5, 0.6) is 11.5 Å². The molecule has 1 amide bonds. The van der Waals surface area contributed by atoms with E-state index in [0.717, 1.165) is 41.6 Å². The van der Waals surface area contributed by atoms with E-state index in [0.29, 0.717) is 37.1 Å². The molecule has 2 aromatic heterocycles. The van der Waals surface area contributed by atoms with Crippen molar-refractivity contribution in [2.24, 2.45) is 0 Å². The lowest BCUT2D eigenvalue weighted by molar-refractivity contribution is -0.129. The number of nitrogens with zero attached hydrogens (tertiary/aromatic N) is 4. The summed E-state index contributed by atoms with van der Waals surface area (Å²) in [5.74, 6) is 3.31. The molecule has 1 aromatic carbocycles. The minimum atomic E-state index is 0.0617. The fourth-order valence-electron chi connectivity index (χ4n) is 4.16. The van der Waals surface area contributed by atoms with Crippen molar-refractivity contribution >= 4 is 17.7 Å². The summed E-state index contributed by atoms with van der Waals surface area (Å²) in [7, 11) is 0. The van der Waals surface area contributed by atoms with E-state index in [1.165, 1.54) is 11.8 Å². The Hall–Kier alpha value is -2.94. The summed E-state index contributed by atoms with van der Waals surface area (Å²) < 4.78 is 18.8. The largest absolute Gasteiger partial charge is 0.486 e. The van der Waals surface area contributed by atoms with Gasteiger partial charge in [0.15, 0.2) is 28.2 Å². The van der Waals surface area contributed by atoms with Crippen LogP contribution in [-0.4, -0.2) is 51.1 Å². The van der Waals surface area contributed by atoms with E-state index in [9.17, 15) is 4.79 Å². The quantitative estimate of drug-likeness (QED) is 0.540. The lowest BCUT2D eigenvalue weighted by atomic mass is 10.0. The van der Waals surface area contributed by atoms with E-state index >= 15 is 0 Å². The van der Waals surface area contributed by atoms with Crippen molar-refractivity contribution in [2.75, 3.05) is 25.5 Å². The van der Waals surface area contributed by atoms with Gasteiger partial charge in [-0.3, -0.25) is 9.36 Å². The molecule has 0 N–H and O–H groups in total. The van der Waals surface area contributed by atoms with Crippen LogP contribution < -0.4 is 9.47 Å². The smallest absolute Gasteiger partial charge is 0.233 e. The van der Waals surface area contributed by atoms with Gasteiger partial charge in [0.05, 0.1) is 18.1 Å². The third-order valence-corrected chi connectivity index (χ3v) is 6.58. The molecule has 1 fully saturated rings. The molecule has 0 radical (unpaired) electrons. The number of aromatic nitrogens is 3. The van der Waals surface area contributed by atoms with Crippen molar-refractivity contribution in [1.29, 1.82) is 0 Å². The summed E-state index contributed by atoms with van der Waals surface area (Å²) in [6, 6.07) is 9.75. The summed E-state index contributed by atoms with van der Waals surface area (Å²) in [6.07, 6.45) is 3.55. The molecule has 31 heavy (non-hydrogen) atoms. The maximum absolute atomic E-state index is 13.1. The maximum atomic E-state index is 13.1. The van der Waals surface area contributed by atoms with Crippen molar-refractivity contribution in [1.82, 2.24) is 19.7 Å². The third kappa shape index (κ3) is 3.89. The summed E-state index contributed by atoms with van der Waals surface area (Å²) in [5, 5.41) is 9.26. The molecule has 4 heterocycles. The van der Waals surface area contributed by atoms with Gasteiger partial charge in [0.1, 0.15) is 13.2 Å². The molecule has 1 atom stereocenters. The van der Waals surface area contributed by atoms with Crippen LogP contribution >= 0.6 is 11.8 Å². The van der Waals surface area contributed by atoms with Gasteiger partial charge in [-0.1, -0.05) is 17.8 Å². The van der Waals surface area contributed by atoms with E-state index in [1.807, 2.05) is 46.7 Å². The van der Waals surface area contributed by atoms with Gasteiger partial charge >= 0.3 is 0 Å². The second-order valence-electron chi connectivity index (χ2n) is 7.46. The van der Waals surface area contributed by atoms with E-state index < -0.39 is 0 Å². The van der Waals surface area contributed by atoms with Gasteiger partial charge in [0, 0.05) is 13.1 Å². The molecule has 2 aliphatic rings. The van der Waals surface area contributed by atoms with E-state index in [2.05, 4.69) is 10.2 Å². The minimum Gasteiger partial charge on any atom is -0.486 e. The molecule has 8 nitrogen and oxygen atoms in total. The molecule has 162 valence electrons. The second-order valence-corrected chi connectivity index (χ2v) is 8.41. The summed E-state index contributed by atoms with van der Waals surface area (Å²) in [6.45, 7) is 4.61. The SMILES string of the molecule is CCn1c(SCC(=O)N2CCCC2c2ccc3c(c2)OCCO3)nnc1-c1ccco1. The molecule has 3 aromatic rings. The highest BCUT2D eigenvalue weighted by Crippen LogP contribution is 2.38. The molecular weight excluding hydrogens is 416 g/mol. The van der Waals surface area contributed by atoms with Crippen molar-refractivity contribution < 1.29 is 18.7 Å². The van der Waals surface area contributed by atoms with Crippen LogP contribution in [0.4, 0.5) is 0 Å². The zero-order chi connectivity index (χ0) is 21.2. The highest BCUT2D eigenvalue weighted by molar-refractivity contribution is 7.99. The average molecular weight is 441 g/mol. The molecule has 0 aliphatic carbocycles. The van der Waals surface area contributed by atoms with Gasteiger partial charge in [0.25, 0.3) is 0 Å². The van der Waals surface area contributed by atoms with Gasteiger partial charge in [-0.15, -0.1) is 10.2 Å². The number of ether oxygens (including phenoxy) is 2. The molecule has 0 spiro atoms. The van der Waals surface area contributed by atoms with Crippen molar-refractivity contribution in [3.8, 4) is 23.1 Å². The standard InChI is InChI=1S/C22H24N4O4S/c1-2-25-21(18-6-4-10-28-18)23-24-22(25)31-14-20(27)26-9-3-5-16(26)15-7-8-17-19(13-15)30-12-11-29-17/h4,6-8,10,13,16H,2-3,5,9,11-12,14H2,1H3. The van der Waals surface area contributed by atoms with Crippen molar-refractivity contribution in [2.45, 2.75) is 37.5 Å². The van der Waals surface area contributed by atoms with E-state index in [1.54, 1.807) is 6.26 Å². The zero-order valence-electron chi connectivity index (χ0n) is 17.3. The first-order valence-electron chi connectivity index (χ1n) is 10.5. The van der Waals surface area contributed by atoms with Crippen LogP contribution in [0.25, 0.3) is 11.6 Å². The van der Waals surface area contributed by atoms with Gasteiger partial charge in [0.2, 0.25) is 5.91 Å². The van der Waals surface area contributed by atoms with Crippen LogP contribution in [0.1, 0.15) is 31.4 Å².